The summed E-state index contributed by atoms with van der Waals surface area (Å²) in [6, 6.07) is 3.01. The fourth-order valence-corrected chi connectivity index (χ4v) is 3.87. The molecule has 8 nitrogen and oxygen atoms in total. The molecule has 0 bridgehead atoms. The Kier molecular flexibility index (Phi) is 4.24. The smallest absolute Gasteiger partial charge is 0.241 e. The third kappa shape index (κ3) is 3.19. The molecule has 0 amide bonds. The van der Waals surface area contributed by atoms with Crippen molar-refractivity contribution in [1.29, 1.82) is 0 Å². The second-order valence-corrected chi connectivity index (χ2v) is 6.45. The Morgan fingerprint density at radius 1 is 1.24 bits per heavy atom. The zero-order valence-electron chi connectivity index (χ0n) is 12.3. The van der Waals surface area contributed by atoms with Gasteiger partial charge in [-0.25, -0.2) is 13.1 Å². The summed E-state index contributed by atoms with van der Waals surface area (Å²) < 4.78 is 27.7. The number of benzene rings is 1. The molecule has 0 saturated carbocycles. The number of hydrogen-bond donors (Lipinski definition) is 3. The topological polar surface area (TPSA) is 113 Å². The molecule has 9 heteroatoms. The van der Waals surface area contributed by atoms with Crippen molar-refractivity contribution in [3.63, 3.8) is 0 Å². The molecule has 1 atom stereocenters. The molecule has 1 unspecified atom stereocenters. The minimum atomic E-state index is -3.67. The van der Waals surface area contributed by atoms with Gasteiger partial charge >= 0.3 is 0 Å². The second-order valence-electron chi connectivity index (χ2n) is 4.80. The predicted molar refractivity (Wildman–Crippen MR) is 78.4 cm³/mol. The molecule has 2 rings (SSSR count). The number of sulfonamides is 1. The van der Waals surface area contributed by atoms with Crippen LogP contribution >= 0.6 is 0 Å². The molecule has 1 aromatic heterocycles. The van der Waals surface area contributed by atoms with Crippen molar-refractivity contribution in [1.82, 2.24) is 25.3 Å². The highest BCUT2D eigenvalue weighted by Crippen LogP contribution is 2.25. The average molecular weight is 310 g/mol. The van der Waals surface area contributed by atoms with Crippen LogP contribution in [0.15, 0.2) is 17.0 Å². The Bertz CT molecular complexity index is 703. The van der Waals surface area contributed by atoms with E-state index >= 15 is 0 Å². The van der Waals surface area contributed by atoms with Gasteiger partial charge in [-0.1, -0.05) is 5.21 Å². The minimum Gasteiger partial charge on any atom is -0.388 e. The van der Waals surface area contributed by atoms with Crippen molar-refractivity contribution in [2.24, 2.45) is 0 Å². The molecule has 21 heavy (non-hydrogen) atoms. The van der Waals surface area contributed by atoms with E-state index in [1.165, 1.54) is 0 Å². The van der Waals surface area contributed by atoms with Crippen molar-refractivity contribution in [3.8, 4) is 0 Å². The third-order valence-corrected chi connectivity index (χ3v) is 4.94. The van der Waals surface area contributed by atoms with Gasteiger partial charge in [-0.2, -0.15) is 5.21 Å². The Labute approximate surface area is 123 Å². The first-order chi connectivity index (χ1) is 9.85. The standard InChI is InChI=1S/C12H18N6O2S/c1-7-5-10(13-4)6-8(2)11(7)21(19,20)16-9(3)12-14-17-18-15-12/h5-6,9,13,16H,1-4H3,(H,14,15,17,18). The van der Waals surface area contributed by atoms with Crippen LogP contribution in [-0.4, -0.2) is 36.1 Å². The van der Waals surface area contributed by atoms with Gasteiger partial charge in [0.15, 0.2) is 5.82 Å². The maximum atomic E-state index is 12.6. The van der Waals surface area contributed by atoms with Gasteiger partial charge in [-0.05, 0) is 44.0 Å². The van der Waals surface area contributed by atoms with Gasteiger partial charge in [-0.15, -0.1) is 10.2 Å². The van der Waals surface area contributed by atoms with Gasteiger partial charge in [0.1, 0.15) is 0 Å². The Balaban J connectivity index is 2.36. The number of tetrazole rings is 1. The number of hydrogen-bond acceptors (Lipinski definition) is 6. The van der Waals surface area contributed by atoms with E-state index in [4.69, 9.17) is 0 Å². The molecule has 0 aliphatic carbocycles. The maximum Gasteiger partial charge on any atom is 0.241 e. The van der Waals surface area contributed by atoms with E-state index in [2.05, 4.69) is 30.7 Å². The average Bonchev–Trinajstić information content (AvgIpc) is 2.90. The first-order valence-corrected chi connectivity index (χ1v) is 7.88. The van der Waals surface area contributed by atoms with E-state index in [9.17, 15) is 8.42 Å². The van der Waals surface area contributed by atoms with Crippen LogP contribution in [0.3, 0.4) is 0 Å². The van der Waals surface area contributed by atoms with Gasteiger partial charge in [-0.3, -0.25) is 0 Å². The number of rotatable bonds is 5. The van der Waals surface area contributed by atoms with Crippen LogP contribution in [-0.2, 0) is 10.0 Å². The molecule has 1 aromatic carbocycles. The van der Waals surface area contributed by atoms with E-state index in [-0.39, 0.29) is 4.90 Å². The molecule has 0 saturated heterocycles. The predicted octanol–water partition coefficient (Wildman–Crippen LogP) is 0.898. The molecule has 0 radical (unpaired) electrons. The molecule has 2 aromatic rings. The van der Waals surface area contributed by atoms with E-state index < -0.39 is 16.1 Å². The lowest BCUT2D eigenvalue weighted by molar-refractivity contribution is 0.559. The van der Waals surface area contributed by atoms with E-state index in [1.54, 1.807) is 40.0 Å². The molecule has 0 aliphatic heterocycles. The Morgan fingerprint density at radius 2 is 1.86 bits per heavy atom. The number of H-pyrrole nitrogens is 1. The van der Waals surface area contributed by atoms with Gasteiger partial charge < -0.3 is 5.32 Å². The number of aromatic nitrogens is 4. The summed E-state index contributed by atoms with van der Waals surface area (Å²) in [6.45, 7) is 5.19. The van der Waals surface area contributed by atoms with Crippen LogP contribution in [0.4, 0.5) is 5.69 Å². The molecular weight excluding hydrogens is 292 g/mol. The summed E-state index contributed by atoms with van der Waals surface area (Å²) >= 11 is 0. The van der Waals surface area contributed by atoms with Crippen LogP contribution in [0.1, 0.15) is 29.9 Å². The lowest BCUT2D eigenvalue weighted by Crippen LogP contribution is -2.29. The molecule has 0 fully saturated rings. The van der Waals surface area contributed by atoms with Crippen LogP contribution in [0.2, 0.25) is 0 Å². The SMILES string of the molecule is CNc1cc(C)c(S(=O)(=O)NC(C)c2nn[nH]n2)c(C)c1. The first kappa shape index (κ1) is 15.4. The summed E-state index contributed by atoms with van der Waals surface area (Å²) in [7, 11) is -1.88. The van der Waals surface area contributed by atoms with Gasteiger partial charge in [0, 0.05) is 12.7 Å². The highest BCUT2D eigenvalue weighted by Gasteiger charge is 2.24. The largest absolute Gasteiger partial charge is 0.388 e. The fraction of sp³-hybridized carbons (Fsp3) is 0.417. The van der Waals surface area contributed by atoms with Crippen molar-refractivity contribution in [2.45, 2.75) is 31.7 Å². The zero-order chi connectivity index (χ0) is 15.6. The van der Waals surface area contributed by atoms with Crippen LogP contribution in [0, 0.1) is 13.8 Å². The maximum absolute atomic E-state index is 12.6. The second kappa shape index (κ2) is 5.78. The lowest BCUT2D eigenvalue weighted by Gasteiger charge is -2.16. The highest BCUT2D eigenvalue weighted by atomic mass is 32.2. The quantitative estimate of drug-likeness (QED) is 0.756. The van der Waals surface area contributed by atoms with Crippen LogP contribution in [0.5, 0.6) is 0 Å². The van der Waals surface area contributed by atoms with Crippen LogP contribution in [0.25, 0.3) is 0 Å². The van der Waals surface area contributed by atoms with E-state index in [0.717, 1.165) is 5.69 Å². The number of nitrogens with zero attached hydrogens (tertiary/aromatic N) is 3. The first-order valence-electron chi connectivity index (χ1n) is 6.40. The molecule has 3 N–H and O–H groups in total. The van der Waals surface area contributed by atoms with Gasteiger partial charge in [0.25, 0.3) is 0 Å². The Hall–Kier alpha value is -2.00. The van der Waals surface area contributed by atoms with Gasteiger partial charge in [0.05, 0.1) is 10.9 Å². The summed E-state index contributed by atoms with van der Waals surface area (Å²) in [6.07, 6.45) is 0. The molecule has 0 spiro atoms. The third-order valence-electron chi connectivity index (χ3n) is 3.10. The number of anilines is 1. The fourth-order valence-electron chi connectivity index (χ4n) is 2.22. The molecule has 1 heterocycles. The Morgan fingerprint density at radius 3 is 2.33 bits per heavy atom. The van der Waals surface area contributed by atoms with Crippen molar-refractivity contribution < 1.29 is 8.42 Å². The van der Waals surface area contributed by atoms with Crippen molar-refractivity contribution in [2.75, 3.05) is 12.4 Å². The molecule has 114 valence electrons. The van der Waals surface area contributed by atoms with Crippen LogP contribution < -0.4 is 10.0 Å². The summed E-state index contributed by atoms with van der Waals surface area (Å²) in [4.78, 5) is 0.275. The summed E-state index contributed by atoms with van der Waals surface area (Å²) in [5.74, 6) is 0.292. The van der Waals surface area contributed by atoms with Gasteiger partial charge in [0.2, 0.25) is 10.0 Å². The lowest BCUT2D eigenvalue weighted by atomic mass is 10.1. The zero-order valence-corrected chi connectivity index (χ0v) is 13.1. The van der Waals surface area contributed by atoms with E-state index in [1.807, 2.05) is 0 Å². The highest BCUT2D eigenvalue weighted by molar-refractivity contribution is 7.89. The number of aryl methyl sites for hydroxylation is 2. The monoisotopic (exact) mass is 310 g/mol. The molecule has 0 aliphatic rings. The normalized spacial score (nSPS) is 13.1. The van der Waals surface area contributed by atoms with Crippen molar-refractivity contribution >= 4 is 15.7 Å². The minimum absolute atomic E-state index is 0.275. The molecular formula is C12H18N6O2S. The summed E-state index contributed by atoms with van der Waals surface area (Å²) in [5.41, 5.74) is 2.22. The summed E-state index contributed by atoms with van der Waals surface area (Å²) in [5, 5.41) is 16.3. The number of nitrogens with one attached hydrogen (secondary N) is 3. The van der Waals surface area contributed by atoms with Crippen molar-refractivity contribution in [3.05, 3.63) is 29.1 Å². The number of aromatic amines is 1. The van der Waals surface area contributed by atoms with E-state index in [0.29, 0.717) is 17.0 Å².